The maximum Gasteiger partial charge on any atom is 0.456 e. The van der Waals surface area contributed by atoms with Gasteiger partial charge in [-0.15, -0.1) is 0 Å². The van der Waals surface area contributed by atoms with Crippen molar-refractivity contribution in [3.05, 3.63) is 81.1 Å². The summed E-state index contributed by atoms with van der Waals surface area (Å²) in [5.41, 5.74) is -1.30. The van der Waals surface area contributed by atoms with Crippen LogP contribution in [-0.4, -0.2) is 10.9 Å². The second-order valence-corrected chi connectivity index (χ2v) is 4.90. The van der Waals surface area contributed by atoms with Crippen molar-refractivity contribution in [3.63, 3.8) is 0 Å². The van der Waals surface area contributed by atoms with Gasteiger partial charge in [0.1, 0.15) is 5.58 Å². The summed E-state index contributed by atoms with van der Waals surface area (Å²) >= 11 is 0. The molecule has 3 aromatic rings. The Hall–Kier alpha value is -3.03. The Labute approximate surface area is 132 Å². The fraction of sp³-hybridized carbons (Fsp3) is 0.125. The van der Waals surface area contributed by atoms with Crippen LogP contribution >= 0.6 is 0 Å². The summed E-state index contributed by atoms with van der Waals surface area (Å²) in [6, 6.07) is 12.4. The van der Waals surface area contributed by atoms with Crippen LogP contribution < -0.4 is 16.2 Å². The number of alkyl halides is 3. The predicted octanol–water partition coefficient (Wildman–Crippen LogP) is 2.69. The van der Waals surface area contributed by atoms with Crippen molar-refractivity contribution in [1.29, 1.82) is 0 Å². The van der Waals surface area contributed by atoms with Crippen LogP contribution in [0.1, 0.15) is 11.7 Å². The van der Waals surface area contributed by atoms with Gasteiger partial charge in [0.05, 0.1) is 5.39 Å². The van der Waals surface area contributed by atoms with E-state index in [2.05, 4.69) is 0 Å². The molecule has 0 radical (unpaired) electrons. The molecule has 0 N–H and O–H groups in total. The second-order valence-electron chi connectivity index (χ2n) is 4.90. The van der Waals surface area contributed by atoms with Crippen molar-refractivity contribution < 1.29 is 22.4 Å². The molecule has 0 unspecified atom stereocenters. The van der Waals surface area contributed by atoms with E-state index in [0.29, 0.717) is 0 Å². The van der Waals surface area contributed by atoms with Crippen LogP contribution in [0.25, 0.3) is 11.0 Å². The molecule has 0 saturated heterocycles. The lowest BCUT2D eigenvalue weighted by Gasteiger charge is -2.21. The molecule has 3 rings (SSSR count). The highest BCUT2D eigenvalue weighted by molar-refractivity contribution is 5.74. The van der Waals surface area contributed by atoms with Crippen LogP contribution in [0, 0.1) is 0 Å². The largest absolute Gasteiger partial charge is 0.456 e. The third-order valence-electron chi connectivity index (χ3n) is 3.28. The minimum Gasteiger partial charge on any atom is -0.407 e. The number of benzene rings is 2. The first-order chi connectivity index (χ1) is 11.4. The molecule has 0 spiro atoms. The third kappa shape index (κ3) is 2.90. The molecular formula is C16H10F3NO4. The molecule has 0 aliphatic carbocycles. The van der Waals surface area contributed by atoms with Gasteiger partial charge in [-0.1, -0.05) is 47.2 Å². The molecule has 0 amide bonds. The van der Waals surface area contributed by atoms with E-state index < -0.39 is 23.6 Å². The van der Waals surface area contributed by atoms with Gasteiger partial charge in [-0.3, -0.25) is 4.79 Å². The highest BCUT2D eigenvalue weighted by Gasteiger charge is 2.44. The molecule has 1 heterocycles. The van der Waals surface area contributed by atoms with Crippen LogP contribution in [0.5, 0.6) is 0 Å². The highest BCUT2D eigenvalue weighted by Crippen LogP contribution is 2.33. The van der Waals surface area contributed by atoms with Crippen molar-refractivity contribution in [3.8, 4) is 0 Å². The Morgan fingerprint density at radius 2 is 1.58 bits per heavy atom. The van der Waals surface area contributed by atoms with Gasteiger partial charge in [-0.25, -0.2) is 4.79 Å². The summed E-state index contributed by atoms with van der Waals surface area (Å²) in [4.78, 5) is 28.8. The minimum atomic E-state index is -4.83. The lowest BCUT2D eigenvalue weighted by Crippen LogP contribution is -2.43. The molecule has 124 valence electrons. The molecule has 0 bridgehead atoms. The summed E-state index contributed by atoms with van der Waals surface area (Å²) in [7, 11) is 0. The number of para-hydroxylation sites is 1. The zero-order valence-corrected chi connectivity index (χ0v) is 12.0. The maximum atomic E-state index is 13.3. The number of hydrogen-bond donors (Lipinski definition) is 0. The summed E-state index contributed by atoms with van der Waals surface area (Å²) < 4.78 is 44.7. The van der Waals surface area contributed by atoms with E-state index in [1.165, 1.54) is 54.6 Å². The quantitative estimate of drug-likeness (QED) is 0.737. The van der Waals surface area contributed by atoms with E-state index in [-0.39, 0.29) is 21.3 Å². The Morgan fingerprint density at radius 1 is 0.958 bits per heavy atom. The van der Waals surface area contributed by atoms with E-state index in [9.17, 15) is 22.8 Å². The molecule has 24 heavy (non-hydrogen) atoms. The normalized spacial score (nSPS) is 13.0. The van der Waals surface area contributed by atoms with Crippen molar-refractivity contribution >= 4 is 11.0 Å². The van der Waals surface area contributed by atoms with Gasteiger partial charge < -0.3 is 9.25 Å². The smallest absolute Gasteiger partial charge is 0.407 e. The molecule has 1 aromatic heterocycles. The van der Waals surface area contributed by atoms with Crippen molar-refractivity contribution in [2.24, 2.45) is 0 Å². The number of hydrogen-bond acceptors (Lipinski definition) is 4. The fourth-order valence-corrected chi connectivity index (χ4v) is 2.19. The Bertz CT molecular complexity index is 976. The second kappa shape index (κ2) is 5.88. The Balaban J connectivity index is 2.13. The monoisotopic (exact) mass is 337 g/mol. The SMILES string of the molecule is O=c1oc2ccccc2c(=O)n1O[C@H](c1ccccc1)C(F)(F)F. The molecular weight excluding hydrogens is 327 g/mol. The number of aromatic nitrogens is 1. The van der Waals surface area contributed by atoms with E-state index in [0.717, 1.165) is 0 Å². The van der Waals surface area contributed by atoms with Gasteiger partial charge in [-0.05, 0) is 12.1 Å². The molecule has 8 heteroatoms. The third-order valence-corrected chi connectivity index (χ3v) is 3.28. The van der Waals surface area contributed by atoms with Crippen molar-refractivity contribution in [2.45, 2.75) is 12.3 Å². The Kier molecular flexibility index (Phi) is 3.88. The molecule has 0 fully saturated rings. The van der Waals surface area contributed by atoms with Gasteiger partial charge in [0.25, 0.3) is 0 Å². The summed E-state index contributed by atoms with van der Waals surface area (Å²) in [6.07, 6.45) is -7.32. The number of fused-ring (bicyclic) bond motifs is 1. The summed E-state index contributed by atoms with van der Waals surface area (Å²) in [5, 5.41) is -0.0638. The van der Waals surface area contributed by atoms with Gasteiger partial charge >= 0.3 is 17.5 Å². The van der Waals surface area contributed by atoms with Crippen LogP contribution in [0.3, 0.4) is 0 Å². The molecule has 0 aliphatic rings. The molecule has 2 aromatic carbocycles. The maximum absolute atomic E-state index is 13.3. The van der Waals surface area contributed by atoms with Crippen LogP contribution in [-0.2, 0) is 0 Å². The first-order valence-electron chi connectivity index (χ1n) is 6.81. The standard InChI is InChI=1S/C16H10F3NO4/c17-16(18,19)13(10-6-2-1-3-7-10)24-20-14(21)11-8-4-5-9-12(11)23-15(20)22/h1-9,13H/t13-/m1/s1. The van der Waals surface area contributed by atoms with Crippen molar-refractivity contribution in [1.82, 2.24) is 4.73 Å². The van der Waals surface area contributed by atoms with E-state index in [4.69, 9.17) is 9.25 Å². The first-order valence-corrected chi connectivity index (χ1v) is 6.81. The van der Waals surface area contributed by atoms with E-state index in [1.54, 1.807) is 0 Å². The number of halogens is 3. The average molecular weight is 337 g/mol. The topological polar surface area (TPSA) is 61.4 Å². The van der Waals surface area contributed by atoms with Crippen LogP contribution in [0.15, 0.2) is 68.6 Å². The Morgan fingerprint density at radius 3 is 2.25 bits per heavy atom. The molecule has 1 atom stereocenters. The fourth-order valence-electron chi connectivity index (χ4n) is 2.19. The molecule has 0 aliphatic heterocycles. The lowest BCUT2D eigenvalue weighted by molar-refractivity contribution is -0.227. The zero-order chi connectivity index (χ0) is 17.3. The summed E-state index contributed by atoms with van der Waals surface area (Å²) in [6.45, 7) is 0. The van der Waals surface area contributed by atoms with Gasteiger partial charge in [0.2, 0.25) is 6.10 Å². The molecule has 0 saturated carbocycles. The summed E-state index contributed by atoms with van der Waals surface area (Å²) in [5.74, 6) is -1.33. The van der Waals surface area contributed by atoms with E-state index >= 15 is 0 Å². The van der Waals surface area contributed by atoms with E-state index in [1.807, 2.05) is 0 Å². The highest BCUT2D eigenvalue weighted by atomic mass is 19.4. The van der Waals surface area contributed by atoms with Gasteiger partial charge in [-0.2, -0.15) is 13.2 Å². The lowest BCUT2D eigenvalue weighted by atomic mass is 10.1. The van der Waals surface area contributed by atoms with Gasteiger partial charge in [0.15, 0.2) is 0 Å². The number of rotatable bonds is 3. The predicted molar refractivity (Wildman–Crippen MR) is 78.6 cm³/mol. The van der Waals surface area contributed by atoms with Crippen molar-refractivity contribution in [2.75, 3.05) is 0 Å². The van der Waals surface area contributed by atoms with Gasteiger partial charge in [0, 0.05) is 5.56 Å². The number of nitrogens with zero attached hydrogens (tertiary/aromatic N) is 1. The first kappa shape index (κ1) is 15.9. The zero-order valence-electron chi connectivity index (χ0n) is 12.0. The molecule has 5 nitrogen and oxygen atoms in total. The van der Waals surface area contributed by atoms with Crippen LogP contribution in [0.4, 0.5) is 13.2 Å². The average Bonchev–Trinajstić information content (AvgIpc) is 2.54. The van der Waals surface area contributed by atoms with Crippen LogP contribution in [0.2, 0.25) is 0 Å². The minimum absolute atomic E-state index is 0.00646.